The van der Waals surface area contributed by atoms with Crippen LogP contribution >= 0.6 is 0 Å². The highest BCUT2D eigenvalue weighted by Crippen LogP contribution is 2.07. The maximum atomic E-state index is 11.5. The van der Waals surface area contributed by atoms with Crippen molar-refractivity contribution in [1.29, 1.82) is 0 Å². The normalized spacial score (nSPS) is 11.6. The molecule has 96 valence electrons. The quantitative estimate of drug-likeness (QED) is 0.664. The van der Waals surface area contributed by atoms with Crippen LogP contribution in [0.3, 0.4) is 0 Å². The molecule has 0 saturated heterocycles. The summed E-state index contributed by atoms with van der Waals surface area (Å²) >= 11 is 0. The Hall–Kier alpha value is -0.950. The van der Waals surface area contributed by atoms with E-state index in [0.29, 0.717) is 13.1 Å². The summed E-state index contributed by atoms with van der Waals surface area (Å²) in [6.45, 7) is 3.01. The molecule has 6 heteroatoms. The zero-order valence-electron chi connectivity index (χ0n) is 9.94. The third-order valence-corrected chi connectivity index (χ3v) is 3.44. The molecular weight excluding hydrogens is 238 g/mol. The van der Waals surface area contributed by atoms with E-state index in [1.54, 1.807) is 0 Å². The second-order valence-electron chi connectivity index (χ2n) is 3.69. The molecule has 1 aromatic carbocycles. The molecule has 0 aliphatic heterocycles. The Kier molecular flexibility index (Phi) is 5.57. The first-order valence-corrected chi connectivity index (χ1v) is 7.08. The van der Waals surface area contributed by atoms with Crippen molar-refractivity contribution in [3.05, 3.63) is 35.4 Å². The maximum absolute atomic E-state index is 11.5. The van der Waals surface area contributed by atoms with E-state index >= 15 is 0 Å². The molecule has 0 aliphatic carbocycles. The van der Waals surface area contributed by atoms with E-state index in [1.165, 1.54) is 0 Å². The van der Waals surface area contributed by atoms with Gasteiger partial charge in [0, 0.05) is 19.6 Å². The monoisotopic (exact) mass is 257 g/mol. The molecule has 0 bridgehead atoms. The largest absolute Gasteiger partial charge is 0.326 e. The van der Waals surface area contributed by atoms with Crippen LogP contribution in [0.2, 0.25) is 0 Å². The molecule has 0 amide bonds. The highest BCUT2D eigenvalue weighted by Gasteiger charge is 2.08. The number of benzene rings is 1. The van der Waals surface area contributed by atoms with Crippen LogP contribution in [0.25, 0.3) is 0 Å². The van der Waals surface area contributed by atoms with Gasteiger partial charge in [0.1, 0.15) is 0 Å². The Morgan fingerprint density at radius 1 is 1.18 bits per heavy atom. The Morgan fingerprint density at radius 2 is 1.82 bits per heavy atom. The second-order valence-corrected chi connectivity index (χ2v) is 5.28. The highest BCUT2D eigenvalue weighted by molar-refractivity contribution is 7.87. The van der Waals surface area contributed by atoms with Crippen LogP contribution in [-0.4, -0.2) is 15.0 Å². The number of hydrogen-bond acceptors (Lipinski definition) is 3. The van der Waals surface area contributed by atoms with E-state index in [2.05, 4.69) is 9.44 Å². The molecule has 5 nitrogen and oxygen atoms in total. The highest BCUT2D eigenvalue weighted by atomic mass is 32.2. The molecule has 1 rings (SSSR count). The van der Waals surface area contributed by atoms with Gasteiger partial charge in [-0.1, -0.05) is 31.2 Å². The summed E-state index contributed by atoms with van der Waals surface area (Å²) in [4.78, 5) is 0. The van der Waals surface area contributed by atoms with Gasteiger partial charge in [-0.25, -0.2) is 4.72 Å². The van der Waals surface area contributed by atoms with Gasteiger partial charge in [-0.05, 0) is 17.5 Å². The van der Waals surface area contributed by atoms with E-state index in [-0.39, 0.29) is 6.54 Å². The molecule has 0 atom stereocenters. The minimum atomic E-state index is -3.41. The fourth-order valence-electron chi connectivity index (χ4n) is 1.39. The van der Waals surface area contributed by atoms with Gasteiger partial charge in [0.25, 0.3) is 10.2 Å². The van der Waals surface area contributed by atoms with Crippen LogP contribution in [-0.2, 0) is 23.3 Å². The molecule has 0 unspecified atom stereocenters. The molecule has 0 spiro atoms. The standard InChI is InChI=1S/C11H19N3O2S/c1-2-7-13-17(15,16)14-9-11-6-4-3-5-10(11)8-12/h3-6,13-14H,2,7-9,12H2,1H3. The lowest BCUT2D eigenvalue weighted by Crippen LogP contribution is -2.36. The molecule has 0 fully saturated rings. The van der Waals surface area contributed by atoms with Gasteiger partial charge in [-0.2, -0.15) is 13.1 Å². The molecule has 4 N–H and O–H groups in total. The van der Waals surface area contributed by atoms with Crippen LogP contribution < -0.4 is 15.2 Å². The van der Waals surface area contributed by atoms with Gasteiger partial charge >= 0.3 is 0 Å². The van der Waals surface area contributed by atoms with Crippen molar-refractivity contribution in [2.24, 2.45) is 5.73 Å². The predicted octanol–water partition coefficient (Wildman–Crippen LogP) is 0.479. The van der Waals surface area contributed by atoms with E-state index in [9.17, 15) is 8.42 Å². The van der Waals surface area contributed by atoms with Crippen molar-refractivity contribution in [3.8, 4) is 0 Å². The Balaban J connectivity index is 2.61. The fraction of sp³-hybridized carbons (Fsp3) is 0.455. The second kappa shape index (κ2) is 6.70. The zero-order chi connectivity index (χ0) is 12.7. The Labute approximate surface area is 103 Å². The minimum Gasteiger partial charge on any atom is -0.326 e. The van der Waals surface area contributed by atoms with Gasteiger partial charge in [0.2, 0.25) is 0 Å². The SMILES string of the molecule is CCCNS(=O)(=O)NCc1ccccc1CN. The maximum Gasteiger partial charge on any atom is 0.277 e. The van der Waals surface area contributed by atoms with E-state index in [1.807, 2.05) is 31.2 Å². The molecular formula is C11H19N3O2S. The van der Waals surface area contributed by atoms with Crippen LogP contribution in [0, 0.1) is 0 Å². The Bertz CT molecular complexity index is 446. The lowest BCUT2D eigenvalue weighted by Gasteiger charge is -2.10. The summed E-state index contributed by atoms with van der Waals surface area (Å²) < 4.78 is 28.0. The topological polar surface area (TPSA) is 84.2 Å². The summed E-state index contributed by atoms with van der Waals surface area (Å²) in [5.74, 6) is 0. The first-order chi connectivity index (χ1) is 8.09. The van der Waals surface area contributed by atoms with Crippen LogP contribution in [0.15, 0.2) is 24.3 Å². The molecule has 0 aliphatic rings. The van der Waals surface area contributed by atoms with Crippen molar-refractivity contribution < 1.29 is 8.42 Å². The number of hydrogen-bond donors (Lipinski definition) is 3. The molecule has 0 saturated carbocycles. The predicted molar refractivity (Wildman–Crippen MR) is 68.4 cm³/mol. The van der Waals surface area contributed by atoms with Crippen molar-refractivity contribution >= 4 is 10.2 Å². The van der Waals surface area contributed by atoms with Crippen molar-refractivity contribution in [2.75, 3.05) is 6.54 Å². The minimum absolute atomic E-state index is 0.256. The van der Waals surface area contributed by atoms with Crippen LogP contribution in [0.4, 0.5) is 0 Å². The third-order valence-electron chi connectivity index (χ3n) is 2.33. The van der Waals surface area contributed by atoms with Gasteiger partial charge in [0.15, 0.2) is 0 Å². The summed E-state index contributed by atoms with van der Waals surface area (Å²) in [5, 5.41) is 0. The van der Waals surface area contributed by atoms with E-state index in [0.717, 1.165) is 17.5 Å². The first-order valence-electron chi connectivity index (χ1n) is 5.60. The summed E-state index contributed by atoms with van der Waals surface area (Å²) in [6.07, 6.45) is 0.764. The average Bonchev–Trinajstić information content (AvgIpc) is 2.34. The summed E-state index contributed by atoms with van der Waals surface area (Å²) in [7, 11) is -3.41. The molecule has 1 aromatic rings. The lowest BCUT2D eigenvalue weighted by atomic mass is 10.1. The fourth-order valence-corrected chi connectivity index (χ4v) is 2.31. The molecule has 17 heavy (non-hydrogen) atoms. The number of nitrogens with one attached hydrogen (secondary N) is 2. The lowest BCUT2D eigenvalue weighted by molar-refractivity contribution is 0.565. The van der Waals surface area contributed by atoms with E-state index < -0.39 is 10.2 Å². The number of nitrogens with two attached hydrogens (primary N) is 1. The molecule has 0 heterocycles. The first kappa shape index (κ1) is 14.1. The Morgan fingerprint density at radius 3 is 2.41 bits per heavy atom. The molecule has 0 radical (unpaired) electrons. The molecule has 0 aromatic heterocycles. The smallest absolute Gasteiger partial charge is 0.277 e. The van der Waals surface area contributed by atoms with Gasteiger partial charge in [0.05, 0.1) is 0 Å². The van der Waals surface area contributed by atoms with Crippen LogP contribution in [0.5, 0.6) is 0 Å². The van der Waals surface area contributed by atoms with Crippen molar-refractivity contribution in [1.82, 2.24) is 9.44 Å². The summed E-state index contributed by atoms with van der Waals surface area (Å²) in [5.41, 5.74) is 7.43. The van der Waals surface area contributed by atoms with E-state index in [4.69, 9.17) is 5.73 Å². The van der Waals surface area contributed by atoms with Crippen molar-refractivity contribution in [3.63, 3.8) is 0 Å². The summed E-state index contributed by atoms with van der Waals surface area (Å²) in [6, 6.07) is 7.51. The zero-order valence-corrected chi connectivity index (χ0v) is 10.8. The average molecular weight is 257 g/mol. The third kappa shape index (κ3) is 4.82. The van der Waals surface area contributed by atoms with Gasteiger partial charge < -0.3 is 5.73 Å². The number of rotatable bonds is 7. The van der Waals surface area contributed by atoms with Crippen molar-refractivity contribution in [2.45, 2.75) is 26.4 Å². The van der Waals surface area contributed by atoms with Gasteiger partial charge in [-0.3, -0.25) is 0 Å². The van der Waals surface area contributed by atoms with Crippen LogP contribution in [0.1, 0.15) is 24.5 Å². The van der Waals surface area contributed by atoms with Gasteiger partial charge in [-0.15, -0.1) is 0 Å².